The summed E-state index contributed by atoms with van der Waals surface area (Å²) in [5, 5.41) is 13.7. The van der Waals surface area contributed by atoms with Crippen LogP contribution in [-0.4, -0.2) is 34.0 Å². The molecule has 1 aliphatic heterocycles. The lowest BCUT2D eigenvalue weighted by molar-refractivity contribution is 0.103. The summed E-state index contributed by atoms with van der Waals surface area (Å²) in [4.78, 5) is 13.5. The number of sulfone groups is 1. The third-order valence-corrected chi connectivity index (χ3v) is 8.78. The summed E-state index contributed by atoms with van der Waals surface area (Å²) in [5.41, 5.74) is 1.80. The molecule has 0 radical (unpaired) electrons. The Hall–Kier alpha value is -3.21. The Bertz CT molecular complexity index is 1690. The molecular formula is C22H11BrN4O3S2. The summed E-state index contributed by atoms with van der Waals surface area (Å²) in [6, 6.07) is 18.7. The first-order valence-corrected chi connectivity index (χ1v) is 12.5. The molecule has 0 bridgehead atoms. The van der Waals surface area contributed by atoms with E-state index in [2.05, 4.69) is 31.2 Å². The molecule has 7 nitrogen and oxygen atoms in total. The van der Waals surface area contributed by atoms with E-state index in [1.165, 1.54) is 29.5 Å². The average Bonchev–Trinajstić information content (AvgIpc) is 3.39. The van der Waals surface area contributed by atoms with Crippen LogP contribution in [0, 0.1) is 0 Å². The molecule has 6 rings (SSSR count). The van der Waals surface area contributed by atoms with Gasteiger partial charge in [0.05, 0.1) is 9.79 Å². The maximum absolute atomic E-state index is 13.2. The van der Waals surface area contributed by atoms with Gasteiger partial charge in [0.2, 0.25) is 14.8 Å². The van der Waals surface area contributed by atoms with Crippen LogP contribution in [0.3, 0.4) is 0 Å². The van der Waals surface area contributed by atoms with Gasteiger partial charge in [0.25, 0.3) is 0 Å². The van der Waals surface area contributed by atoms with Crippen molar-refractivity contribution in [1.29, 1.82) is 0 Å². The Morgan fingerprint density at radius 3 is 2.38 bits per heavy atom. The van der Waals surface area contributed by atoms with Crippen molar-refractivity contribution < 1.29 is 13.2 Å². The topological polar surface area (TPSA) is 94.3 Å². The van der Waals surface area contributed by atoms with Crippen molar-refractivity contribution >= 4 is 47.8 Å². The van der Waals surface area contributed by atoms with E-state index in [0.29, 0.717) is 21.4 Å². The molecule has 10 heteroatoms. The van der Waals surface area contributed by atoms with Gasteiger partial charge in [0.15, 0.2) is 11.6 Å². The zero-order valence-corrected chi connectivity index (χ0v) is 19.3. The average molecular weight is 523 g/mol. The van der Waals surface area contributed by atoms with Crippen LogP contribution in [0.4, 0.5) is 0 Å². The highest BCUT2D eigenvalue weighted by atomic mass is 79.9. The summed E-state index contributed by atoms with van der Waals surface area (Å²) in [6.45, 7) is 0. The molecule has 2 aromatic heterocycles. The SMILES string of the molecule is O=C1c2ccccc2S(=O)(=O)c2cc(-c3nn4c(-c5ccccc5Br)nnc4s3)ccc21. The van der Waals surface area contributed by atoms with Gasteiger partial charge in [-0.25, -0.2) is 8.42 Å². The fourth-order valence-corrected chi connectivity index (χ4v) is 6.74. The van der Waals surface area contributed by atoms with Crippen LogP contribution in [0.5, 0.6) is 0 Å². The molecule has 0 amide bonds. The van der Waals surface area contributed by atoms with E-state index >= 15 is 0 Å². The summed E-state index contributed by atoms with van der Waals surface area (Å²) >= 11 is 4.82. The van der Waals surface area contributed by atoms with Crippen molar-refractivity contribution in [2.45, 2.75) is 9.79 Å². The third-order valence-electron chi connectivity index (χ3n) is 5.29. The number of aromatic nitrogens is 4. The predicted octanol–water partition coefficient (Wildman–Crippen LogP) is 4.66. The lowest BCUT2D eigenvalue weighted by Gasteiger charge is -2.19. The minimum absolute atomic E-state index is 0.00399. The molecule has 0 fully saturated rings. The third kappa shape index (κ3) is 2.73. The van der Waals surface area contributed by atoms with Crippen LogP contribution in [0.25, 0.3) is 26.9 Å². The Balaban J connectivity index is 1.51. The lowest BCUT2D eigenvalue weighted by atomic mass is 10.0. The number of ketones is 1. The van der Waals surface area contributed by atoms with E-state index in [0.717, 1.165) is 10.0 Å². The van der Waals surface area contributed by atoms with Crippen LogP contribution < -0.4 is 0 Å². The molecule has 0 unspecified atom stereocenters. The summed E-state index contributed by atoms with van der Waals surface area (Å²) in [7, 11) is -3.82. The van der Waals surface area contributed by atoms with Crippen LogP contribution in [0.15, 0.2) is 81.0 Å². The first-order chi connectivity index (χ1) is 15.4. The van der Waals surface area contributed by atoms with Gasteiger partial charge in [-0.15, -0.1) is 10.2 Å². The normalized spacial score (nSPS) is 14.3. The highest BCUT2D eigenvalue weighted by molar-refractivity contribution is 9.10. The Morgan fingerprint density at radius 1 is 0.844 bits per heavy atom. The molecule has 0 saturated heterocycles. The van der Waals surface area contributed by atoms with Gasteiger partial charge >= 0.3 is 0 Å². The van der Waals surface area contributed by atoms with Crippen molar-refractivity contribution in [3.63, 3.8) is 0 Å². The van der Waals surface area contributed by atoms with E-state index in [9.17, 15) is 13.2 Å². The zero-order valence-electron chi connectivity index (χ0n) is 16.1. The molecule has 1 aliphatic rings. The van der Waals surface area contributed by atoms with Crippen LogP contribution >= 0.6 is 27.3 Å². The lowest BCUT2D eigenvalue weighted by Crippen LogP contribution is -2.20. The van der Waals surface area contributed by atoms with Crippen LogP contribution in [0.1, 0.15) is 15.9 Å². The van der Waals surface area contributed by atoms with Crippen molar-refractivity contribution in [2.24, 2.45) is 0 Å². The first kappa shape index (κ1) is 19.5. The summed E-state index contributed by atoms with van der Waals surface area (Å²) in [6.07, 6.45) is 0. The fraction of sp³-hybridized carbons (Fsp3) is 0. The van der Waals surface area contributed by atoms with Crippen molar-refractivity contribution in [1.82, 2.24) is 19.8 Å². The molecule has 5 aromatic rings. The predicted molar refractivity (Wildman–Crippen MR) is 123 cm³/mol. The number of benzene rings is 3. The molecule has 0 saturated carbocycles. The monoisotopic (exact) mass is 522 g/mol. The molecule has 32 heavy (non-hydrogen) atoms. The maximum atomic E-state index is 13.2. The smallest absolute Gasteiger partial charge is 0.235 e. The number of fused-ring (bicyclic) bond motifs is 3. The van der Waals surface area contributed by atoms with Crippen LogP contribution in [0.2, 0.25) is 0 Å². The molecule has 0 N–H and O–H groups in total. The fourth-order valence-electron chi connectivity index (χ4n) is 3.76. The van der Waals surface area contributed by atoms with E-state index < -0.39 is 9.84 Å². The standard InChI is InChI=1S/C22H11BrN4O3S2/c23-16-7-3-1-5-13(16)20-24-25-22-27(20)26-21(31-22)12-9-10-15-18(11-12)32(29,30)17-8-4-2-6-14(17)19(15)28/h1-11H. The Kier molecular flexibility index (Phi) is 4.19. The molecule has 3 aromatic carbocycles. The second-order valence-electron chi connectivity index (χ2n) is 7.14. The highest BCUT2D eigenvalue weighted by Gasteiger charge is 2.35. The number of carbonyl (C=O) groups excluding carboxylic acids is 1. The summed E-state index contributed by atoms with van der Waals surface area (Å²) < 4.78 is 28.9. The minimum Gasteiger partial charge on any atom is -0.289 e. The van der Waals surface area contributed by atoms with Crippen molar-refractivity contribution in [3.8, 4) is 22.0 Å². The largest absolute Gasteiger partial charge is 0.289 e. The molecule has 0 atom stereocenters. The molecule has 0 aliphatic carbocycles. The second kappa shape index (κ2) is 6.89. The molecule has 156 valence electrons. The first-order valence-electron chi connectivity index (χ1n) is 9.45. The van der Waals surface area contributed by atoms with Gasteiger partial charge in [-0.2, -0.15) is 9.61 Å². The van der Waals surface area contributed by atoms with E-state index in [-0.39, 0.29) is 26.7 Å². The Labute approximate surface area is 194 Å². The molecule has 0 spiro atoms. The molecule has 3 heterocycles. The van der Waals surface area contributed by atoms with Gasteiger partial charge in [0, 0.05) is 26.7 Å². The van der Waals surface area contributed by atoms with E-state index in [1.54, 1.807) is 28.8 Å². The van der Waals surface area contributed by atoms with E-state index in [4.69, 9.17) is 0 Å². The Morgan fingerprint density at radius 2 is 1.56 bits per heavy atom. The number of carbonyl (C=O) groups is 1. The number of hydrogen-bond acceptors (Lipinski definition) is 7. The number of hydrogen-bond donors (Lipinski definition) is 0. The highest BCUT2D eigenvalue weighted by Crippen LogP contribution is 2.38. The van der Waals surface area contributed by atoms with Gasteiger partial charge in [0.1, 0.15) is 5.01 Å². The van der Waals surface area contributed by atoms with Gasteiger partial charge < -0.3 is 0 Å². The quantitative estimate of drug-likeness (QED) is 0.328. The number of halogens is 1. The van der Waals surface area contributed by atoms with Gasteiger partial charge in [-0.05, 0) is 36.4 Å². The van der Waals surface area contributed by atoms with Crippen molar-refractivity contribution in [3.05, 3.63) is 82.3 Å². The molecular weight excluding hydrogens is 512 g/mol. The number of rotatable bonds is 2. The second-order valence-corrected chi connectivity index (χ2v) is 10.8. The van der Waals surface area contributed by atoms with Crippen LogP contribution in [-0.2, 0) is 9.84 Å². The van der Waals surface area contributed by atoms with Gasteiger partial charge in [-0.1, -0.05) is 57.6 Å². The van der Waals surface area contributed by atoms with Gasteiger partial charge in [-0.3, -0.25) is 4.79 Å². The maximum Gasteiger partial charge on any atom is 0.235 e. The minimum atomic E-state index is -3.82. The number of nitrogens with zero attached hydrogens (tertiary/aromatic N) is 4. The zero-order chi connectivity index (χ0) is 22.0. The summed E-state index contributed by atoms with van der Waals surface area (Å²) in [5.74, 6) is 0.274. The van der Waals surface area contributed by atoms with Crippen molar-refractivity contribution in [2.75, 3.05) is 0 Å². The van der Waals surface area contributed by atoms with E-state index in [1.807, 2.05) is 24.3 Å².